The molecule has 0 spiro atoms. The fourth-order valence-corrected chi connectivity index (χ4v) is 4.75. The van der Waals surface area contributed by atoms with Crippen LogP contribution >= 0.6 is 11.3 Å². The Morgan fingerprint density at radius 1 is 1.26 bits per heavy atom. The third kappa shape index (κ3) is 4.17. The van der Waals surface area contributed by atoms with Crippen molar-refractivity contribution >= 4 is 33.1 Å². The van der Waals surface area contributed by atoms with E-state index >= 15 is 0 Å². The van der Waals surface area contributed by atoms with Crippen molar-refractivity contribution in [1.82, 2.24) is 4.98 Å². The molecule has 0 saturated carbocycles. The molecular weight excluding hydrogens is 361 g/mol. The molecule has 3 aromatic rings. The number of anilines is 1. The van der Waals surface area contributed by atoms with Crippen LogP contribution in [-0.4, -0.2) is 30.5 Å². The Morgan fingerprint density at radius 3 is 2.78 bits per heavy atom. The minimum absolute atomic E-state index is 0.0632. The molecule has 0 unspecified atom stereocenters. The lowest BCUT2D eigenvalue weighted by Crippen LogP contribution is -3.14. The molecule has 2 aromatic carbocycles. The summed E-state index contributed by atoms with van der Waals surface area (Å²) in [6, 6.07) is 13.1. The van der Waals surface area contributed by atoms with E-state index in [0.717, 1.165) is 31.4 Å². The number of halogens is 1. The number of fused-ring (bicyclic) bond motifs is 1. The molecule has 1 fully saturated rings. The lowest BCUT2D eigenvalue weighted by molar-refractivity contribution is -0.897. The van der Waals surface area contributed by atoms with E-state index in [-0.39, 0.29) is 11.7 Å². The molecule has 2 heterocycles. The first-order valence-electron chi connectivity index (χ1n) is 9.33. The minimum atomic E-state index is -0.295. The summed E-state index contributed by atoms with van der Waals surface area (Å²) in [6.45, 7) is 4.04. The van der Waals surface area contributed by atoms with E-state index in [4.69, 9.17) is 4.98 Å². The topological polar surface area (TPSA) is 46.4 Å². The monoisotopic (exact) mass is 384 g/mol. The molecule has 6 heteroatoms. The number of nitrogens with one attached hydrogen (secondary N) is 2. The summed E-state index contributed by atoms with van der Waals surface area (Å²) >= 11 is 1.79. The van der Waals surface area contributed by atoms with E-state index in [9.17, 15) is 9.18 Å². The molecule has 1 saturated heterocycles. The Bertz CT molecular complexity index is 930. The zero-order valence-electron chi connectivity index (χ0n) is 15.3. The van der Waals surface area contributed by atoms with Gasteiger partial charge in [0.2, 0.25) is 0 Å². The largest absolute Gasteiger partial charge is 0.327 e. The van der Waals surface area contributed by atoms with Crippen LogP contribution in [0, 0.1) is 12.7 Å². The number of para-hydroxylation sites is 1. The number of quaternary nitrogens is 1. The lowest BCUT2D eigenvalue weighted by Gasteiger charge is -2.27. The minimum Gasteiger partial charge on any atom is -0.327 e. The van der Waals surface area contributed by atoms with Crippen molar-refractivity contribution < 1.29 is 14.1 Å². The van der Waals surface area contributed by atoms with Gasteiger partial charge in [-0.2, -0.15) is 0 Å². The molecule has 0 radical (unpaired) electrons. The molecule has 0 atom stereocenters. The molecule has 2 N–H and O–H groups in total. The first-order valence-corrected chi connectivity index (χ1v) is 10.1. The summed E-state index contributed by atoms with van der Waals surface area (Å²) in [4.78, 5) is 18.3. The van der Waals surface area contributed by atoms with Crippen molar-refractivity contribution in [2.75, 3.05) is 25.0 Å². The van der Waals surface area contributed by atoms with E-state index in [1.54, 1.807) is 30.4 Å². The maximum absolute atomic E-state index is 13.6. The highest BCUT2D eigenvalue weighted by atomic mass is 32.1. The molecule has 140 valence electrons. The summed E-state index contributed by atoms with van der Waals surface area (Å²) in [6.07, 6.45) is 2.09. The highest BCUT2D eigenvalue weighted by molar-refractivity contribution is 7.18. The quantitative estimate of drug-likeness (QED) is 0.726. The second-order valence-electron chi connectivity index (χ2n) is 7.23. The van der Waals surface area contributed by atoms with Crippen molar-refractivity contribution in [3.05, 3.63) is 58.9 Å². The summed E-state index contributed by atoms with van der Waals surface area (Å²) < 4.78 is 14.9. The van der Waals surface area contributed by atoms with Gasteiger partial charge in [0.1, 0.15) is 5.82 Å². The normalized spacial score (nSPS) is 19.9. The number of amides is 1. The van der Waals surface area contributed by atoms with Crippen LogP contribution in [-0.2, 0) is 4.79 Å². The zero-order chi connectivity index (χ0) is 18.8. The number of likely N-dealkylation sites (tertiary alicyclic amines) is 1. The molecular formula is C21H23FN3OS+. The molecule has 1 amide bonds. The van der Waals surface area contributed by atoms with Gasteiger partial charge in [0.25, 0.3) is 5.91 Å². The first kappa shape index (κ1) is 18.1. The molecule has 1 aliphatic heterocycles. The van der Waals surface area contributed by atoms with Crippen LogP contribution in [0.1, 0.15) is 29.3 Å². The van der Waals surface area contributed by atoms with Crippen LogP contribution in [0.5, 0.6) is 0 Å². The van der Waals surface area contributed by atoms with E-state index in [1.807, 2.05) is 6.07 Å². The average Bonchev–Trinajstić information content (AvgIpc) is 3.09. The molecule has 1 aliphatic rings. The van der Waals surface area contributed by atoms with Crippen LogP contribution in [0.4, 0.5) is 10.1 Å². The van der Waals surface area contributed by atoms with Crippen molar-refractivity contribution in [3.8, 4) is 0 Å². The van der Waals surface area contributed by atoms with Gasteiger partial charge in [-0.3, -0.25) is 4.79 Å². The van der Waals surface area contributed by atoms with Gasteiger partial charge >= 0.3 is 0 Å². The Hall–Kier alpha value is -2.31. The summed E-state index contributed by atoms with van der Waals surface area (Å²) in [5, 5.41) is 4.03. The van der Waals surface area contributed by atoms with E-state index < -0.39 is 0 Å². The van der Waals surface area contributed by atoms with Gasteiger partial charge in [-0.1, -0.05) is 18.2 Å². The van der Waals surface area contributed by atoms with E-state index in [2.05, 4.69) is 23.5 Å². The number of nitrogens with zero attached hydrogens (tertiary/aromatic N) is 1. The number of aryl methyl sites for hydroxylation is 1. The Morgan fingerprint density at radius 2 is 2.04 bits per heavy atom. The Kier molecular flexibility index (Phi) is 5.18. The van der Waals surface area contributed by atoms with Crippen molar-refractivity contribution in [1.29, 1.82) is 0 Å². The number of hydrogen-bond acceptors (Lipinski definition) is 3. The van der Waals surface area contributed by atoms with E-state index in [0.29, 0.717) is 23.7 Å². The second-order valence-corrected chi connectivity index (χ2v) is 8.30. The lowest BCUT2D eigenvalue weighted by atomic mass is 9.97. The van der Waals surface area contributed by atoms with Crippen LogP contribution in [0.2, 0.25) is 0 Å². The third-order valence-electron chi connectivity index (χ3n) is 5.22. The summed E-state index contributed by atoms with van der Waals surface area (Å²) in [7, 11) is 0. The van der Waals surface area contributed by atoms with E-state index in [1.165, 1.54) is 20.7 Å². The third-order valence-corrected chi connectivity index (χ3v) is 6.42. The maximum Gasteiger partial charge on any atom is 0.279 e. The standard InChI is InChI=1S/C21H22FN3OS/c1-14-6-7-16(12-17(14)22)23-20(26)13-25-10-8-15(9-11-25)21-24-18-4-2-3-5-19(18)27-21/h2-7,12,15H,8-11,13H2,1H3,(H,23,26)/p+1. The van der Waals surface area contributed by atoms with Crippen LogP contribution in [0.15, 0.2) is 42.5 Å². The van der Waals surface area contributed by atoms with Gasteiger partial charge in [0.05, 0.1) is 28.3 Å². The maximum atomic E-state index is 13.6. The zero-order valence-corrected chi connectivity index (χ0v) is 16.1. The predicted octanol–water partition coefficient (Wildman–Crippen LogP) is 3.14. The molecule has 27 heavy (non-hydrogen) atoms. The van der Waals surface area contributed by atoms with Crippen molar-refractivity contribution in [3.63, 3.8) is 0 Å². The van der Waals surface area contributed by atoms with Crippen LogP contribution in [0.25, 0.3) is 10.2 Å². The Labute approximate surface area is 162 Å². The first-order chi connectivity index (χ1) is 13.1. The van der Waals surface area contributed by atoms with Gasteiger partial charge in [0, 0.05) is 24.4 Å². The van der Waals surface area contributed by atoms with Gasteiger partial charge < -0.3 is 10.2 Å². The number of thiazole rings is 1. The number of benzene rings is 2. The smallest absolute Gasteiger partial charge is 0.279 e. The van der Waals surface area contributed by atoms with Gasteiger partial charge in [0.15, 0.2) is 6.54 Å². The molecule has 1 aromatic heterocycles. The molecule has 4 rings (SSSR count). The number of hydrogen-bond donors (Lipinski definition) is 2. The fourth-order valence-electron chi connectivity index (χ4n) is 3.62. The van der Waals surface area contributed by atoms with Crippen LogP contribution < -0.4 is 10.2 Å². The van der Waals surface area contributed by atoms with Crippen molar-refractivity contribution in [2.24, 2.45) is 0 Å². The highest BCUT2D eigenvalue weighted by Gasteiger charge is 2.27. The van der Waals surface area contributed by atoms with Crippen LogP contribution in [0.3, 0.4) is 0 Å². The summed E-state index contributed by atoms with van der Waals surface area (Å²) in [5.74, 6) is 0.129. The number of aromatic nitrogens is 1. The number of carbonyl (C=O) groups excluding carboxylic acids is 1. The number of carbonyl (C=O) groups is 1. The van der Waals surface area contributed by atoms with Gasteiger partial charge in [-0.25, -0.2) is 9.37 Å². The Balaban J connectivity index is 1.31. The molecule has 0 aliphatic carbocycles. The molecule has 0 bridgehead atoms. The fraction of sp³-hybridized carbons (Fsp3) is 0.333. The average molecular weight is 385 g/mol. The van der Waals surface area contributed by atoms with Gasteiger partial charge in [-0.05, 0) is 36.8 Å². The summed E-state index contributed by atoms with van der Waals surface area (Å²) in [5.41, 5.74) is 2.18. The second kappa shape index (κ2) is 7.74. The molecule has 4 nitrogen and oxygen atoms in total. The van der Waals surface area contributed by atoms with Crippen molar-refractivity contribution in [2.45, 2.75) is 25.7 Å². The highest BCUT2D eigenvalue weighted by Crippen LogP contribution is 2.31. The number of piperidine rings is 1. The SMILES string of the molecule is Cc1ccc(NC(=O)C[NH+]2CCC(c3nc4ccccc4s3)CC2)cc1F. The van der Waals surface area contributed by atoms with Gasteiger partial charge in [-0.15, -0.1) is 11.3 Å². The number of rotatable bonds is 4. The predicted molar refractivity (Wildman–Crippen MR) is 107 cm³/mol.